The first kappa shape index (κ1) is 27.6. The molecule has 0 aliphatic carbocycles. The lowest BCUT2D eigenvalue weighted by Crippen LogP contribution is -2.36. The van der Waals surface area contributed by atoms with Gasteiger partial charge in [0.2, 0.25) is 11.7 Å². The first-order valence-corrected chi connectivity index (χ1v) is 11.3. The zero-order valence-corrected chi connectivity index (χ0v) is 21.7. The van der Waals surface area contributed by atoms with E-state index in [4.69, 9.17) is 39.5 Å². The maximum Gasteiger partial charge on any atom is 0.375 e. The third-order valence-corrected chi connectivity index (χ3v) is 5.53. The van der Waals surface area contributed by atoms with Crippen LogP contribution in [-0.4, -0.2) is 48.2 Å². The predicted octanol–water partition coefficient (Wildman–Crippen LogP) is 5.18. The highest BCUT2D eigenvalue weighted by Gasteiger charge is 2.28. The first-order chi connectivity index (χ1) is 15.7. The summed E-state index contributed by atoms with van der Waals surface area (Å²) in [5.41, 5.74) is 0.216. The number of hydrogen-bond acceptors (Lipinski definition) is 5. The van der Waals surface area contributed by atoms with E-state index in [1.54, 1.807) is 59.1 Å². The van der Waals surface area contributed by atoms with Crippen LogP contribution in [0.15, 0.2) is 36.4 Å². The molecule has 0 radical (unpaired) electrons. The van der Waals surface area contributed by atoms with Crippen LogP contribution in [0.3, 0.4) is 0 Å². The van der Waals surface area contributed by atoms with Crippen LogP contribution in [0, 0.1) is 0 Å². The number of benzene rings is 2. The number of Topliss-reactive ketones (excluding diaryl/α,β-unsaturated/α-hetero) is 1. The Hall–Kier alpha value is -2.61. The van der Waals surface area contributed by atoms with E-state index in [1.165, 1.54) is 21.9 Å². The van der Waals surface area contributed by atoms with Gasteiger partial charge in [0.1, 0.15) is 5.60 Å². The van der Waals surface area contributed by atoms with Crippen LogP contribution >= 0.6 is 34.8 Å². The van der Waals surface area contributed by atoms with Crippen molar-refractivity contribution in [1.29, 1.82) is 0 Å². The summed E-state index contributed by atoms with van der Waals surface area (Å²) in [6.45, 7) is 4.85. The summed E-state index contributed by atoms with van der Waals surface area (Å²) >= 11 is 18.3. The Labute approximate surface area is 213 Å². The molecule has 0 aliphatic rings. The summed E-state index contributed by atoms with van der Waals surface area (Å²) in [5, 5.41) is 0.832. The first-order valence-electron chi connectivity index (χ1n) is 10.2. The standard InChI is InChI=1S/C24H25Cl3N2O5/c1-24(2,3)34-23(33)20(30)12-21(31)29(13-14-6-8-18(26)19(27)10-14)15-7-9-17(25)16(11-15)22(32)28(4)5/h6-11H,12-13H2,1-5H3. The van der Waals surface area contributed by atoms with Crippen LogP contribution in [0.5, 0.6) is 0 Å². The Morgan fingerprint density at radius 1 is 0.882 bits per heavy atom. The van der Waals surface area contributed by atoms with Gasteiger partial charge in [-0.3, -0.25) is 14.4 Å². The third-order valence-electron chi connectivity index (χ3n) is 4.46. The van der Waals surface area contributed by atoms with Crippen molar-refractivity contribution >= 4 is 64.1 Å². The van der Waals surface area contributed by atoms with Crippen molar-refractivity contribution in [3.8, 4) is 0 Å². The van der Waals surface area contributed by atoms with Gasteiger partial charge in [-0.05, 0) is 56.7 Å². The van der Waals surface area contributed by atoms with Crippen molar-refractivity contribution in [2.24, 2.45) is 0 Å². The second kappa shape index (κ2) is 11.2. The van der Waals surface area contributed by atoms with E-state index in [0.29, 0.717) is 16.3 Å². The summed E-state index contributed by atoms with van der Waals surface area (Å²) in [4.78, 5) is 52.9. The zero-order valence-electron chi connectivity index (χ0n) is 19.4. The van der Waals surface area contributed by atoms with Gasteiger partial charge in [0.15, 0.2) is 0 Å². The molecule has 0 atom stereocenters. The quantitative estimate of drug-likeness (QED) is 0.281. The zero-order chi connectivity index (χ0) is 25.8. The number of halogens is 3. The average Bonchev–Trinajstić information content (AvgIpc) is 2.73. The fraction of sp³-hybridized carbons (Fsp3) is 0.333. The molecule has 10 heteroatoms. The monoisotopic (exact) mass is 526 g/mol. The van der Waals surface area contributed by atoms with Crippen LogP contribution < -0.4 is 4.90 Å². The number of nitrogens with zero attached hydrogens (tertiary/aromatic N) is 2. The van der Waals surface area contributed by atoms with Gasteiger partial charge in [-0.2, -0.15) is 0 Å². The fourth-order valence-electron chi connectivity index (χ4n) is 2.87. The van der Waals surface area contributed by atoms with Gasteiger partial charge in [0.05, 0.1) is 33.6 Å². The molecule has 2 rings (SSSR count). The van der Waals surface area contributed by atoms with E-state index < -0.39 is 29.7 Å². The minimum Gasteiger partial charge on any atom is -0.454 e. The molecule has 0 fully saturated rings. The van der Waals surface area contributed by atoms with Crippen molar-refractivity contribution in [1.82, 2.24) is 4.90 Å². The Balaban J connectivity index is 2.44. The van der Waals surface area contributed by atoms with Crippen molar-refractivity contribution < 1.29 is 23.9 Å². The number of rotatable bonds is 7. The molecule has 34 heavy (non-hydrogen) atoms. The molecule has 2 amide bonds. The number of anilines is 1. The molecule has 0 saturated heterocycles. The van der Waals surface area contributed by atoms with E-state index >= 15 is 0 Å². The third kappa shape index (κ3) is 7.45. The maximum absolute atomic E-state index is 13.2. The molecule has 0 aliphatic heterocycles. The lowest BCUT2D eigenvalue weighted by Gasteiger charge is -2.25. The van der Waals surface area contributed by atoms with Crippen LogP contribution in [0.25, 0.3) is 0 Å². The van der Waals surface area contributed by atoms with E-state index in [-0.39, 0.29) is 28.1 Å². The lowest BCUT2D eigenvalue weighted by molar-refractivity contribution is -0.163. The van der Waals surface area contributed by atoms with E-state index in [1.807, 2.05) is 0 Å². The number of hydrogen-bond donors (Lipinski definition) is 0. The summed E-state index contributed by atoms with van der Waals surface area (Å²) in [6, 6.07) is 9.32. The van der Waals surface area contributed by atoms with Gasteiger partial charge in [-0.15, -0.1) is 0 Å². The number of amides is 2. The predicted molar refractivity (Wildman–Crippen MR) is 133 cm³/mol. The molecule has 0 unspecified atom stereocenters. The Morgan fingerprint density at radius 2 is 1.50 bits per heavy atom. The van der Waals surface area contributed by atoms with Crippen molar-refractivity contribution in [2.75, 3.05) is 19.0 Å². The number of ether oxygens (including phenoxy) is 1. The smallest absolute Gasteiger partial charge is 0.375 e. The SMILES string of the molecule is CN(C)C(=O)c1cc(N(Cc2ccc(Cl)c(Cl)c2)C(=O)CC(=O)C(=O)OC(C)(C)C)ccc1Cl. The average molecular weight is 528 g/mol. The van der Waals surface area contributed by atoms with Gasteiger partial charge in [0, 0.05) is 19.8 Å². The molecular weight excluding hydrogens is 503 g/mol. The molecule has 0 heterocycles. The van der Waals surface area contributed by atoms with Crippen molar-refractivity contribution in [3.05, 3.63) is 62.6 Å². The van der Waals surface area contributed by atoms with Gasteiger partial charge in [-0.25, -0.2) is 4.79 Å². The molecule has 0 N–H and O–H groups in total. The highest BCUT2D eigenvalue weighted by Crippen LogP contribution is 2.28. The number of carbonyl (C=O) groups is 4. The normalized spacial score (nSPS) is 11.1. The molecule has 2 aromatic carbocycles. The summed E-state index contributed by atoms with van der Waals surface area (Å²) in [5.74, 6) is -3.13. The minimum absolute atomic E-state index is 0.00541. The Bertz CT molecular complexity index is 1130. The van der Waals surface area contributed by atoms with E-state index in [9.17, 15) is 19.2 Å². The highest BCUT2D eigenvalue weighted by molar-refractivity contribution is 6.42. The molecule has 0 bridgehead atoms. The van der Waals surface area contributed by atoms with Crippen molar-refractivity contribution in [2.45, 2.75) is 39.3 Å². The van der Waals surface area contributed by atoms with E-state index in [2.05, 4.69) is 0 Å². The lowest BCUT2D eigenvalue weighted by atomic mass is 10.1. The van der Waals surface area contributed by atoms with Crippen LogP contribution in [0.1, 0.15) is 43.1 Å². The molecule has 0 aromatic heterocycles. The molecule has 182 valence electrons. The Morgan fingerprint density at radius 3 is 2.06 bits per heavy atom. The molecule has 2 aromatic rings. The largest absolute Gasteiger partial charge is 0.454 e. The highest BCUT2D eigenvalue weighted by atomic mass is 35.5. The molecule has 7 nitrogen and oxygen atoms in total. The van der Waals surface area contributed by atoms with Gasteiger partial charge < -0.3 is 14.5 Å². The van der Waals surface area contributed by atoms with Crippen LogP contribution in [0.2, 0.25) is 15.1 Å². The van der Waals surface area contributed by atoms with Gasteiger partial charge in [0.25, 0.3) is 5.91 Å². The van der Waals surface area contributed by atoms with Gasteiger partial charge >= 0.3 is 5.97 Å². The molecular formula is C24H25Cl3N2O5. The topological polar surface area (TPSA) is 84.0 Å². The van der Waals surface area contributed by atoms with Crippen molar-refractivity contribution in [3.63, 3.8) is 0 Å². The molecule has 0 spiro atoms. The molecule has 0 saturated carbocycles. The number of carbonyl (C=O) groups excluding carboxylic acids is 4. The number of esters is 1. The van der Waals surface area contributed by atoms with Crippen LogP contribution in [-0.2, 0) is 25.7 Å². The Kier molecular flexibility index (Phi) is 9.11. The van der Waals surface area contributed by atoms with Crippen LogP contribution in [0.4, 0.5) is 5.69 Å². The summed E-state index contributed by atoms with van der Waals surface area (Å²) in [7, 11) is 3.15. The fourth-order valence-corrected chi connectivity index (χ4v) is 3.39. The second-order valence-corrected chi connectivity index (χ2v) is 9.92. The summed E-state index contributed by atoms with van der Waals surface area (Å²) < 4.78 is 5.07. The second-order valence-electron chi connectivity index (χ2n) is 8.69. The number of ketones is 1. The maximum atomic E-state index is 13.2. The van der Waals surface area contributed by atoms with Gasteiger partial charge in [-0.1, -0.05) is 40.9 Å². The minimum atomic E-state index is -1.10. The summed E-state index contributed by atoms with van der Waals surface area (Å²) in [6.07, 6.45) is -0.726. The van der Waals surface area contributed by atoms with E-state index in [0.717, 1.165) is 0 Å².